The molecule has 0 aromatic carbocycles. The molecule has 1 N–H and O–H groups in total. The lowest BCUT2D eigenvalue weighted by atomic mass is 10.6. The molecule has 0 aliphatic heterocycles. The summed E-state index contributed by atoms with van der Waals surface area (Å²) in [4.78, 5) is 0. The van der Waals surface area contributed by atoms with Crippen LogP contribution in [0.1, 0.15) is 13.8 Å². The Morgan fingerprint density at radius 3 is 2.38 bits per heavy atom. The van der Waals surface area contributed by atoms with Crippen LogP contribution in [0.2, 0.25) is 0 Å². The molecule has 0 rings (SSSR count). The molecule has 0 saturated carbocycles. The van der Waals surface area contributed by atoms with Gasteiger partial charge in [-0.2, -0.15) is 0 Å². The maximum Gasteiger partial charge on any atom is 0.0693 e. The predicted octanol–water partition coefficient (Wildman–Crippen LogP) is 0.343. The molecule has 0 aliphatic rings. The summed E-state index contributed by atoms with van der Waals surface area (Å²) in [6.07, 6.45) is 0. The molecule has 2 heteroatoms. The molecular weight excluding hydrogens is 100 g/mol. The number of quaternary nitrogens is 1. The number of hydrogen-bond acceptors (Lipinski definition) is 0. The van der Waals surface area contributed by atoms with Crippen molar-refractivity contribution in [3.05, 3.63) is 17.7 Å². The summed E-state index contributed by atoms with van der Waals surface area (Å²) < 4.78 is 0. The third-order valence-electron chi connectivity index (χ3n) is 0.893. The Morgan fingerprint density at radius 2 is 2.25 bits per heavy atom. The van der Waals surface area contributed by atoms with Gasteiger partial charge in [-0.1, -0.05) is 6.92 Å². The number of hydrogen-bond donors (Lipinski definition) is 1. The first-order valence-electron chi connectivity index (χ1n) is 2.86. The molecule has 0 aliphatic carbocycles. The van der Waals surface area contributed by atoms with Gasteiger partial charge < -0.3 is 10.4 Å². The average Bonchev–Trinajstić information content (AvgIpc) is 1.65. The maximum absolute atomic E-state index is 4.12. The molecule has 0 saturated heterocycles. The van der Waals surface area contributed by atoms with E-state index >= 15 is 0 Å². The topological polar surface area (TPSA) is 18.5 Å². The molecule has 0 aromatic heterocycles. The van der Waals surface area contributed by atoms with Crippen molar-refractivity contribution in [1.29, 1.82) is 0 Å². The van der Waals surface area contributed by atoms with Gasteiger partial charge in [0.25, 0.3) is 0 Å². The molecule has 0 spiro atoms. The molecule has 0 bridgehead atoms. The number of allylic oxidation sites excluding steroid dienone is 1. The van der Waals surface area contributed by atoms with Crippen LogP contribution in [0.4, 0.5) is 0 Å². The summed E-state index contributed by atoms with van der Waals surface area (Å²) >= 11 is 0. The van der Waals surface area contributed by atoms with E-state index in [4.69, 9.17) is 0 Å². The average molecular weight is 114 g/mol. The molecule has 0 fully saturated rings. The highest BCUT2D eigenvalue weighted by Gasteiger charge is 1.79. The van der Waals surface area contributed by atoms with Crippen molar-refractivity contribution in [2.24, 2.45) is 0 Å². The van der Waals surface area contributed by atoms with E-state index in [0.29, 0.717) is 0 Å². The van der Waals surface area contributed by atoms with Gasteiger partial charge in [0.1, 0.15) is 0 Å². The van der Waals surface area contributed by atoms with E-state index in [1.807, 2.05) is 14.0 Å². The van der Waals surface area contributed by atoms with Crippen molar-refractivity contribution in [2.45, 2.75) is 13.8 Å². The number of nitrogens with one attached hydrogen (secondary N) is 1. The summed E-state index contributed by atoms with van der Waals surface area (Å²) in [6, 6.07) is 0. The highest BCUT2D eigenvalue weighted by atomic mass is 15.5. The quantitative estimate of drug-likeness (QED) is 0.510. The lowest BCUT2D eigenvalue weighted by Gasteiger charge is -2.26. The van der Waals surface area contributed by atoms with Gasteiger partial charge in [-0.05, 0) is 6.92 Å². The standard InChI is InChI=1S/C6H14N2/c1-5-8(4)7-6(2)3/h8H,2,5H2,1,3-4H3. The summed E-state index contributed by atoms with van der Waals surface area (Å²) in [7, 11) is 2.01. The second-order valence-corrected chi connectivity index (χ2v) is 1.94. The molecule has 8 heavy (non-hydrogen) atoms. The minimum atomic E-state index is 0.893. The van der Waals surface area contributed by atoms with Crippen molar-refractivity contribution in [3.8, 4) is 0 Å². The molecule has 1 atom stereocenters. The molecule has 1 unspecified atom stereocenters. The second kappa shape index (κ2) is 3.50. The Bertz CT molecular complexity index is 78.6. The van der Waals surface area contributed by atoms with Crippen molar-refractivity contribution >= 4 is 0 Å². The summed E-state index contributed by atoms with van der Waals surface area (Å²) in [6.45, 7) is 8.66. The van der Waals surface area contributed by atoms with Crippen LogP contribution in [0.15, 0.2) is 12.3 Å². The Hall–Kier alpha value is -0.500. The Balaban J connectivity index is 3.24. The van der Waals surface area contributed by atoms with Crippen LogP contribution in [0, 0.1) is 0 Å². The van der Waals surface area contributed by atoms with Crippen molar-refractivity contribution in [1.82, 2.24) is 0 Å². The first kappa shape index (κ1) is 7.50. The van der Waals surface area contributed by atoms with Gasteiger partial charge in [0.15, 0.2) is 0 Å². The molecule has 0 amide bonds. The van der Waals surface area contributed by atoms with Crippen LogP contribution in [0.5, 0.6) is 0 Å². The SMILES string of the molecule is C=C(C)[N-][NH+](C)CC. The fourth-order valence-corrected chi connectivity index (χ4v) is 0.405. The van der Waals surface area contributed by atoms with Gasteiger partial charge in [0.05, 0.1) is 13.6 Å². The minimum absolute atomic E-state index is 0.893. The lowest BCUT2D eigenvalue weighted by Crippen LogP contribution is -3.04. The highest BCUT2D eigenvalue weighted by molar-refractivity contribution is 4.99. The molecular formula is C6H14N2. The van der Waals surface area contributed by atoms with Crippen LogP contribution in [0.3, 0.4) is 0 Å². The lowest BCUT2D eigenvalue weighted by molar-refractivity contribution is -0.836. The molecule has 0 radical (unpaired) electrons. The first-order chi connectivity index (χ1) is 3.66. The van der Waals surface area contributed by atoms with E-state index in [9.17, 15) is 0 Å². The third-order valence-corrected chi connectivity index (χ3v) is 0.893. The smallest absolute Gasteiger partial charge is 0.0693 e. The van der Waals surface area contributed by atoms with Crippen molar-refractivity contribution in [2.75, 3.05) is 13.6 Å². The zero-order chi connectivity index (χ0) is 6.57. The molecule has 0 heterocycles. The highest BCUT2D eigenvalue weighted by Crippen LogP contribution is 1.87. The summed E-state index contributed by atoms with van der Waals surface area (Å²) in [5.74, 6) is 0. The Kier molecular flexibility index (Phi) is 3.28. The minimum Gasteiger partial charge on any atom is -0.493 e. The Labute approximate surface area is 51.2 Å². The van der Waals surface area contributed by atoms with Gasteiger partial charge in [-0.25, -0.2) is 0 Å². The van der Waals surface area contributed by atoms with Gasteiger partial charge in [-0.15, -0.1) is 12.3 Å². The van der Waals surface area contributed by atoms with Crippen LogP contribution in [0.25, 0.3) is 5.43 Å². The third kappa shape index (κ3) is 3.68. The van der Waals surface area contributed by atoms with E-state index < -0.39 is 0 Å². The molecule has 2 nitrogen and oxygen atoms in total. The zero-order valence-corrected chi connectivity index (χ0v) is 5.86. The largest absolute Gasteiger partial charge is 0.493 e. The van der Waals surface area contributed by atoms with Crippen LogP contribution in [-0.2, 0) is 0 Å². The van der Waals surface area contributed by atoms with E-state index in [1.165, 1.54) is 0 Å². The molecule has 48 valence electrons. The summed E-state index contributed by atoms with van der Waals surface area (Å²) in [5, 5.41) is 1.15. The van der Waals surface area contributed by atoms with E-state index in [-0.39, 0.29) is 0 Å². The van der Waals surface area contributed by atoms with Crippen LogP contribution < -0.4 is 5.01 Å². The fraction of sp³-hybridized carbons (Fsp3) is 0.667. The second-order valence-electron chi connectivity index (χ2n) is 1.94. The Morgan fingerprint density at radius 1 is 1.75 bits per heavy atom. The van der Waals surface area contributed by atoms with Gasteiger partial charge in [0, 0.05) is 0 Å². The summed E-state index contributed by atoms with van der Waals surface area (Å²) in [5.41, 5.74) is 5.01. The van der Waals surface area contributed by atoms with Crippen molar-refractivity contribution in [3.63, 3.8) is 0 Å². The fourth-order valence-electron chi connectivity index (χ4n) is 0.405. The van der Waals surface area contributed by atoms with Gasteiger partial charge in [-0.3, -0.25) is 0 Å². The van der Waals surface area contributed by atoms with Crippen molar-refractivity contribution < 1.29 is 5.01 Å². The van der Waals surface area contributed by atoms with E-state index in [2.05, 4.69) is 18.9 Å². The number of rotatable bonds is 3. The number of nitrogens with zero attached hydrogens (tertiary/aromatic N) is 1. The van der Waals surface area contributed by atoms with Gasteiger partial charge in [0.2, 0.25) is 0 Å². The normalized spacial score (nSPS) is 12.9. The van der Waals surface area contributed by atoms with E-state index in [1.54, 1.807) is 0 Å². The maximum atomic E-state index is 4.12. The zero-order valence-electron chi connectivity index (χ0n) is 5.86. The molecule has 0 aromatic rings. The first-order valence-corrected chi connectivity index (χ1v) is 2.86. The monoisotopic (exact) mass is 114 g/mol. The van der Waals surface area contributed by atoms with Crippen LogP contribution in [-0.4, -0.2) is 13.6 Å². The van der Waals surface area contributed by atoms with E-state index in [0.717, 1.165) is 17.3 Å². The van der Waals surface area contributed by atoms with Crippen LogP contribution >= 0.6 is 0 Å². The predicted molar refractivity (Wildman–Crippen MR) is 35.6 cm³/mol. The van der Waals surface area contributed by atoms with Gasteiger partial charge >= 0.3 is 0 Å².